The number of carbonyl (C=O) groups excluding carboxylic acids is 1. The summed E-state index contributed by atoms with van der Waals surface area (Å²) in [4.78, 5) is 37.8. The third-order valence-electron chi connectivity index (χ3n) is 14.2. The molecule has 0 bridgehead atoms. The molecule has 11 rings (SSSR count). The number of hydrogen-bond acceptors (Lipinski definition) is 11. The molecule has 6 aromatic rings. The van der Waals surface area contributed by atoms with Gasteiger partial charge in [-0.3, -0.25) is 19.8 Å². The Morgan fingerprint density at radius 1 is 0.892 bits per heavy atom. The lowest BCUT2D eigenvalue weighted by atomic mass is 9.60. The van der Waals surface area contributed by atoms with Crippen LogP contribution in [0.1, 0.15) is 84.8 Å². The molecular formula is C50H51N7O7S. The Hall–Kier alpha value is -6.29. The van der Waals surface area contributed by atoms with Crippen LogP contribution < -0.4 is 19.7 Å². The molecule has 5 aliphatic rings. The van der Waals surface area contributed by atoms with E-state index < -0.39 is 25.7 Å². The van der Waals surface area contributed by atoms with Crippen LogP contribution in [0.25, 0.3) is 22.2 Å². The first-order valence-electron chi connectivity index (χ1n) is 22.7. The van der Waals surface area contributed by atoms with E-state index in [4.69, 9.17) is 9.47 Å². The lowest BCUT2D eigenvalue weighted by Crippen LogP contribution is -2.67. The van der Waals surface area contributed by atoms with Crippen LogP contribution in [0, 0.1) is 15.5 Å². The van der Waals surface area contributed by atoms with Crippen molar-refractivity contribution in [1.29, 1.82) is 0 Å². The number of benzene rings is 4. The summed E-state index contributed by atoms with van der Waals surface area (Å²) in [5, 5.41) is 16.4. The molecule has 14 nitrogen and oxygen atoms in total. The van der Waals surface area contributed by atoms with Crippen molar-refractivity contribution >= 4 is 44.0 Å². The van der Waals surface area contributed by atoms with Gasteiger partial charge in [0.15, 0.2) is 0 Å². The second-order valence-corrected chi connectivity index (χ2v) is 20.3. The molecule has 2 saturated carbocycles. The van der Waals surface area contributed by atoms with Crippen LogP contribution in [0.2, 0.25) is 0 Å². The molecule has 4 aromatic carbocycles. The van der Waals surface area contributed by atoms with Gasteiger partial charge < -0.3 is 24.7 Å². The summed E-state index contributed by atoms with van der Waals surface area (Å²) in [5.41, 5.74) is 6.37. The highest BCUT2D eigenvalue weighted by atomic mass is 32.2. The van der Waals surface area contributed by atoms with Gasteiger partial charge in [-0.2, -0.15) is 0 Å². The van der Waals surface area contributed by atoms with E-state index in [2.05, 4.69) is 78.3 Å². The number of rotatable bonds is 13. The molecule has 15 heteroatoms. The summed E-state index contributed by atoms with van der Waals surface area (Å²) in [6.07, 6.45) is 11.9. The average Bonchev–Trinajstić information content (AvgIpc) is 3.83. The van der Waals surface area contributed by atoms with Crippen LogP contribution in [-0.4, -0.2) is 79.0 Å². The predicted molar refractivity (Wildman–Crippen MR) is 248 cm³/mol. The van der Waals surface area contributed by atoms with Crippen LogP contribution in [0.15, 0.2) is 114 Å². The van der Waals surface area contributed by atoms with Crippen molar-refractivity contribution in [2.75, 3.05) is 43.1 Å². The van der Waals surface area contributed by atoms with Gasteiger partial charge in [0.25, 0.3) is 21.6 Å². The fourth-order valence-electron chi connectivity index (χ4n) is 10.8. The van der Waals surface area contributed by atoms with Gasteiger partial charge in [-0.15, -0.1) is 0 Å². The minimum Gasteiger partial charge on any atom is -0.455 e. The topological polar surface area (TPSA) is 172 Å². The molecule has 2 aliphatic carbocycles. The standard InChI is InChI=1S/C50H51N7O7S/c58-49(54-65(61,62)40-14-16-44(46(26-40)57(59)60)53-36-27-50(28-36)30-55(31-50)37-18-22-63-23-19-37)43-15-11-34(25-47(43)64-39-24-35-17-20-51-48(35)52-29-39)32-9-12-38(13-10-32)56-21-3-6-45(56)42-5-2-1-4-41(42)33-7-8-33/h1-2,4-5,9-17,20,24-26,29,33,36-37,45,53H,3,6-8,18-19,21-23,27-28,30-31H2,(H,51,52)(H,54,58)/t45-/m1/s1. The normalized spacial score (nSPS) is 20.1. The largest absolute Gasteiger partial charge is 0.455 e. The number of aromatic nitrogens is 2. The maximum atomic E-state index is 14.0. The number of fused-ring (bicyclic) bond motifs is 1. The maximum absolute atomic E-state index is 14.0. The molecule has 65 heavy (non-hydrogen) atoms. The molecule has 1 atom stereocenters. The Morgan fingerprint density at radius 2 is 1.66 bits per heavy atom. The smallest absolute Gasteiger partial charge is 0.293 e. The Kier molecular flexibility index (Phi) is 10.6. The third-order valence-corrected chi connectivity index (χ3v) is 15.5. The minimum atomic E-state index is -4.57. The molecule has 334 valence electrons. The summed E-state index contributed by atoms with van der Waals surface area (Å²) >= 11 is 0. The first-order chi connectivity index (χ1) is 31.6. The number of aromatic amines is 1. The molecule has 3 N–H and O–H groups in total. The number of nitro benzene ring substituents is 1. The molecule has 0 unspecified atom stereocenters. The first-order valence-corrected chi connectivity index (χ1v) is 24.2. The lowest BCUT2D eigenvalue weighted by Gasteiger charge is -2.61. The van der Waals surface area contributed by atoms with E-state index >= 15 is 0 Å². The van der Waals surface area contributed by atoms with Gasteiger partial charge in [0, 0.05) is 68.3 Å². The van der Waals surface area contributed by atoms with Gasteiger partial charge in [0.2, 0.25) is 0 Å². The number of pyridine rings is 1. The number of nitro groups is 1. The highest BCUT2D eigenvalue weighted by Crippen LogP contribution is 2.51. The minimum absolute atomic E-state index is 0.0393. The summed E-state index contributed by atoms with van der Waals surface area (Å²) in [6, 6.07) is 30.5. The van der Waals surface area contributed by atoms with Crippen molar-refractivity contribution in [3.05, 3.63) is 136 Å². The second-order valence-electron chi connectivity index (χ2n) is 18.6. The molecule has 3 aliphatic heterocycles. The van der Waals surface area contributed by atoms with E-state index in [-0.39, 0.29) is 34.1 Å². The summed E-state index contributed by atoms with van der Waals surface area (Å²) in [5.74, 6) is 0.168. The quantitative estimate of drug-likeness (QED) is 0.0745. The average molecular weight is 894 g/mol. The summed E-state index contributed by atoms with van der Waals surface area (Å²) in [7, 11) is -4.57. The van der Waals surface area contributed by atoms with Gasteiger partial charge in [0.1, 0.15) is 22.8 Å². The fraction of sp³-hybridized carbons (Fsp3) is 0.360. The van der Waals surface area contributed by atoms with Gasteiger partial charge in [-0.25, -0.2) is 18.1 Å². The Labute approximate surface area is 377 Å². The number of H-pyrrole nitrogens is 1. The van der Waals surface area contributed by atoms with Crippen LogP contribution in [-0.2, 0) is 14.8 Å². The van der Waals surface area contributed by atoms with E-state index in [0.717, 1.165) is 99.6 Å². The van der Waals surface area contributed by atoms with Crippen LogP contribution >= 0.6 is 0 Å². The molecule has 5 fully saturated rings. The number of sulfonamides is 1. The number of ether oxygens (including phenoxy) is 2. The van der Waals surface area contributed by atoms with Crippen molar-refractivity contribution in [3.63, 3.8) is 0 Å². The van der Waals surface area contributed by atoms with E-state index in [1.165, 1.54) is 48.4 Å². The zero-order chi connectivity index (χ0) is 44.3. The third kappa shape index (κ3) is 8.21. The molecule has 1 spiro atoms. The monoisotopic (exact) mass is 893 g/mol. The number of likely N-dealkylation sites (tertiary alicyclic amines) is 1. The number of nitrogens with one attached hydrogen (secondary N) is 3. The highest BCUT2D eigenvalue weighted by Gasteiger charge is 2.54. The number of carbonyl (C=O) groups is 1. The van der Waals surface area contributed by atoms with Gasteiger partial charge in [0.05, 0.1) is 27.6 Å². The lowest BCUT2D eigenvalue weighted by molar-refractivity contribution is -0.384. The number of nitrogens with zero attached hydrogens (tertiary/aromatic N) is 4. The zero-order valence-electron chi connectivity index (χ0n) is 35.9. The van der Waals surface area contributed by atoms with E-state index in [1.54, 1.807) is 24.4 Å². The van der Waals surface area contributed by atoms with Crippen molar-refractivity contribution in [2.45, 2.75) is 80.3 Å². The number of hydrogen-bond donors (Lipinski definition) is 3. The predicted octanol–water partition coefficient (Wildman–Crippen LogP) is 9.32. The second kappa shape index (κ2) is 16.6. The molecule has 2 aromatic heterocycles. The molecule has 5 heterocycles. The van der Waals surface area contributed by atoms with E-state index in [9.17, 15) is 23.3 Å². The van der Waals surface area contributed by atoms with Crippen molar-refractivity contribution < 1.29 is 27.6 Å². The number of amides is 1. The van der Waals surface area contributed by atoms with Crippen LogP contribution in [0.4, 0.5) is 17.1 Å². The summed E-state index contributed by atoms with van der Waals surface area (Å²) in [6.45, 7) is 4.61. The zero-order valence-corrected chi connectivity index (χ0v) is 36.8. The Balaban J connectivity index is 0.816. The molecule has 1 amide bonds. The Bertz CT molecular complexity index is 2900. The molecule has 3 saturated heterocycles. The van der Waals surface area contributed by atoms with Crippen LogP contribution in [0.5, 0.6) is 11.5 Å². The first kappa shape index (κ1) is 41.4. The van der Waals surface area contributed by atoms with Crippen molar-refractivity contribution in [1.82, 2.24) is 19.6 Å². The van der Waals surface area contributed by atoms with Gasteiger partial charge in [-0.05, 0) is 133 Å². The van der Waals surface area contributed by atoms with Crippen LogP contribution in [0.3, 0.4) is 0 Å². The molecule has 0 radical (unpaired) electrons. The maximum Gasteiger partial charge on any atom is 0.293 e. The highest BCUT2D eigenvalue weighted by molar-refractivity contribution is 7.90. The fourth-order valence-corrected chi connectivity index (χ4v) is 11.8. The number of anilines is 2. The van der Waals surface area contributed by atoms with E-state index in [0.29, 0.717) is 29.4 Å². The summed E-state index contributed by atoms with van der Waals surface area (Å²) < 4.78 is 41.6. The SMILES string of the molecule is O=C(NS(=O)(=O)c1ccc(NC2CC3(C2)CN(C2CCOCC2)C3)c([N+](=O)[O-])c1)c1ccc(-c2ccc(N3CCC[C@@H]3c3ccccc3C3CC3)cc2)cc1Oc1cnc2[nH]ccc2c1. The van der Waals surface area contributed by atoms with E-state index in [1.807, 2.05) is 6.07 Å². The van der Waals surface area contributed by atoms with Crippen molar-refractivity contribution in [3.8, 4) is 22.6 Å². The van der Waals surface area contributed by atoms with Crippen molar-refractivity contribution in [2.24, 2.45) is 5.41 Å². The van der Waals surface area contributed by atoms with Gasteiger partial charge >= 0.3 is 0 Å². The van der Waals surface area contributed by atoms with Gasteiger partial charge in [-0.1, -0.05) is 42.5 Å². The molecular weight excluding hydrogens is 843 g/mol. The Morgan fingerprint density at radius 3 is 2.43 bits per heavy atom.